The number of benzene rings is 2. The molecule has 1 aliphatic heterocycles. The second kappa shape index (κ2) is 6.98. The van der Waals surface area contributed by atoms with Gasteiger partial charge in [0.2, 0.25) is 0 Å². The molecule has 5 heteroatoms. The fourth-order valence-electron chi connectivity index (χ4n) is 3.18. The van der Waals surface area contributed by atoms with Gasteiger partial charge in [-0.25, -0.2) is 0 Å². The van der Waals surface area contributed by atoms with E-state index in [0.29, 0.717) is 6.54 Å². The Morgan fingerprint density at radius 3 is 2.32 bits per heavy atom. The molecule has 2 aromatic carbocycles. The Kier molecular flexibility index (Phi) is 5.35. The van der Waals surface area contributed by atoms with Crippen LogP contribution in [0.25, 0.3) is 5.57 Å². The number of aromatic hydroxyl groups is 2. The predicted octanol–water partition coefficient (Wildman–Crippen LogP) is 4.05. The molecular formula is C20H24ClNO3. The van der Waals surface area contributed by atoms with Gasteiger partial charge in [-0.1, -0.05) is 12.1 Å². The van der Waals surface area contributed by atoms with Crippen LogP contribution in [0.3, 0.4) is 0 Å². The van der Waals surface area contributed by atoms with Gasteiger partial charge >= 0.3 is 0 Å². The molecule has 25 heavy (non-hydrogen) atoms. The monoisotopic (exact) mass is 361 g/mol. The van der Waals surface area contributed by atoms with Crippen molar-refractivity contribution in [2.75, 3.05) is 20.6 Å². The van der Waals surface area contributed by atoms with Crippen LogP contribution in [0, 0.1) is 0 Å². The molecule has 0 radical (unpaired) electrons. The minimum absolute atomic E-state index is 0. The molecule has 0 amide bonds. The minimum Gasteiger partial charge on any atom is -0.508 e. The van der Waals surface area contributed by atoms with Crippen LogP contribution < -0.4 is 4.74 Å². The van der Waals surface area contributed by atoms with Crippen molar-refractivity contribution in [2.24, 2.45) is 0 Å². The van der Waals surface area contributed by atoms with Crippen molar-refractivity contribution in [3.8, 4) is 17.2 Å². The average molecular weight is 362 g/mol. The number of likely N-dealkylation sites (N-methyl/N-ethyl adjacent to an activating group) is 1. The number of ether oxygens (including phenoxy) is 1. The number of halogens is 1. The van der Waals surface area contributed by atoms with Crippen molar-refractivity contribution >= 4 is 18.0 Å². The van der Waals surface area contributed by atoms with Gasteiger partial charge < -0.3 is 19.8 Å². The lowest BCUT2D eigenvalue weighted by molar-refractivity contribution is 0.136. The lowest BCUT2D eigenvalue weighted by Gasteiger charge is -2.38. The third kappa shape index (κ3) is 3.75. The fourth-order valence-corrected chi connectivity index (χ4v) is 3.18. The van der Waals surface area contributed by atoms with Crippen molar-refractivity contribution < 1.29 is 14.9 Å². The average Bonchev–Trinajstić information content (AvgIpc) is 2.48. The van der Waals surface area contributed by atoms with Crippen molar-refractivity contribution in [2.45, 2.75) is 19.4 Å². The molecule has 2 N–H and O–H groups in total. The van der Waals surface area contributed by atoms with Gasteiger partial charge in [0.25, 0.3) is 0 Å². The van der Waals surface area contributed by atoms with E-state index in [1.54, 1.807) is 30.3 Å². The Balaban J connectivity index is 0.00000225. The Morgan fingerprint density at radius 1 is 1.00 bits per heavy atom. The minimum atomic E-state index is -0.491. The number of hydrogen-bond donors (Lipinski definition) is 2. The third-order valence-electron chi connectivity index (χ3n) is 4.24. The van der Waals surface area contributed by atoms with Crippen LogP contribution in [0.1, 0.15) is 25.0 Å². The molecule has 3 rings (SSSR count). The van der Waals surface area contributed by atoms with E-state index in [1.807, 2.05) is 40.1 Å². The molecule has 1 heterocycles. The van der Waals surface area contributed by atoms with Crippen molar-refractivity contribution in [1.82, 2.24) is 4.90 Å². The standard InChI is InChI=1S/C20H23NO3.ClH/c1-20(2)17(12-21(3)4)19(13-6-5-7-14(22)10-13)16-11-15(23)8-9-18(16)24-20;/h5-11,22-23H,12H2,1-4H3;1H. The second-order valence-electron chi connectivity index (χ2n) is 6.93. The number of nitrogens with zero attached hydrogens (tertiary/aromatic N) is 1. The molecule has 4 nitrogen and oxygen atoms in total. The van der Waals surface area contributed by atoms with Crippen molar-refractivity contribution in [3.05, 3.63) is 59.2 Å². The Labute approximate surface area is 154 Å². The molecule has 0 aromatic heterocycles. The van der Waals surface area contributed by atoms with Gasteiger partial charge in [-0.05, 0) is 75.0 Å². The summed E-state index contributed by atoms with van der Waals surface area (Å²) in [7, 11) is 4.03. The lowest BCUT2D eigenvalue weighted by atomic mass is 9.82. The van der Waals surface area contributed by atoms with Crippen LogP contribution in [0.4, 0.5) is 0 Å². The van der Waals surface area contributed by atoms with Gasteiger partial charge in [0, 0.05) is 12.1 Å². The van der Waals surface area contributed by atoms with E-state index < -0.39 is 5.60 Å². The number of rotatable bonds is 3. The summed E-state index contributed by atoms with van der Waals surface area (Å²) in [6.45, 7) is 4.81. The Hall–Kier alpha value is -2.17. The van der Waals surface area contributed by atoms with Crippen LogP contribution in [0.5, 0.6) is 17.2 Å². The van der Waals surface area contributed by atoms with Crippen LogP contribution in [0.15, 0.2) is 48.0 Å². The van der Waals surface area contributed by atoms with E-state index in [1.165, 1.54) is 0 Å². The first-order valence-electron chi connectivity index (χ1n) is 7.98. The summed E-state index contributed by atoms with van der Waals surface area (Å²) in [6, 6.07) is 12.4. The lowest BCUT2D eigenvalue weighted by Crippen LogP contribution is -2.39. The van der Waals surface area contributed by atoms with E-state index in [0.717, 1.165) is 28.0 Å². The van der Waals surface area contributed by atoms with E-state index in [4.69, 9.17) is 4.74 Å². The highest BCUT2D eigenvalue weighted by atomic mass is 35.5. The smallest absolute Gasteiger partial charge is 0.128 e. The number of hydrogen-bond acceptors (Lipinski definition) is 4. The first kappa shape index (κ1) is 19.2. The van der Waals surface area contributed by atoms with E-state index in [-0.39, 0.29) is 23.9 Å². The Bertz CT molecular complexity index is 812. The molecular weight excluding hydrogens is 338 g/mol. The highest BCUT2D eigenvalue weighted by Crippen LogP contribution is 2.45. The van der Waals surface area contributed by atoms with Crippen molar-refractivity contribution in [1.29, 1.82) is 0 Å². The van der Waals surface area contributed by atoms with Gasteiger partial charge in [0.1, 0.15) is 22.8 Å². The third-order valence-corrected chi connectivity index (χ3v) is 4.24. The first-order valence-corrected chi connectivity index (χ1v) is 7.98. The summed E-state index contributed by atoms with van der Waals surface area (Å²) < 4.78 is 6.21. The fraction of sp³-hybridized carbons (Fsp3) is 0.300. The summed E-state index contributed by atoms with van der Waals surface area (Å²) in [4.78, 5) is 2.09. The molecule has 134 valence electrons. The zero-order valence-electron chi connectivity index (χ0n) is 14.9. The van der Waals surface area contributed by atoms with Crippen LogP contribution in [0.2, 0.25) is 0 Å². The quantitative estimate of drug-likeness (QED) is 0.865. The normalized spacial score (nSPS) is 15.4. The predicted molar refractivity (Wildman–Crippen MR) is 103 cm³/mol. The van der Waals surface area contributed by atoms with Crippen molar-refractivity contribution in [3.63, 3.8) is 0 Å². The molecule has 1 aliphatic rings. The van der Waals surface area contributed by atoms with Gasteiger partial charge in [-0.3, -0.25) is 0 Å². The first-order chi connectivity index (χ1) is 11.3. The molecule has 0 aliphatic carbocycles. The molecule has 0 spiro atoms. The summed E-state index contributed by atoms with van der Waals surface area (Å²) in [5, 5.41) is 19.9. The summed E-state index contributed by atoms with van der Waals surface area (Å²) >= 11 is 0. The molecule has 0 fully saturated rings. The second-order valence-corrected chi connectivity index (χ2v) is 6.93. The zero-order chi connectivity index (χ0) is 17.5. The maximum Gasteiger partial charge on any atom is 0.128 e. The van der Waals surface area contributed by atoms with E-state index >= 15 is 0 Å². The molecule has 2 aromatic rings. The Morgan fingerprint density at radius 2 is 1.68 bits per heavy atom. The maximum atomic E-state index is 9.97. The van der Waals surface area contributed by atoms with Crippen LogP contribution in [-0.2, 0) is 0 Å². The maximum absolute atomic E-state index is 9.97. The van der Waals surface area contributed by atoms with Crippen LogP contribution in [-0.4, -0.2) is 41.4 Å². The number of phenols is 2. The molecule has 0 atom stereocenters. The van der Waals surface area contributed by atoms with Gasteiger partial charge in [-0.15, -0.1) is 12.4 Å². The highest BCUT2D eigenvalue weighted by molar-refractivity contribution is 5.88. The number of fused-ring (bicyclic) bond motifs is 1. The summed E-state index contributed by atoms with van der Waals surface area (Å²) in [6.07, 6.45) is 0. The zero-order valence-corrected chi connectivity index (χ0v) is 15.7. The molecule has 0 unspecified atom stereocenters. The molecule has 0 bridgehead atoms. The highest BCUT2D eigenvalue weighted by Gasteiger charge is 2.35. The summed E-state index contributed by atoms with van der Waals surface area (Å²) in [5.41, 5.74) is 3.37. The van der Waals surface area contributed by atoms with Gasteiger partial charge in [0.05, 0.1) is 0 Å². The van der Waals surface area contributed by atoms with Gasteiger partial charge in [-0.2, -0.15) is 0 Å². The molecule has 0 saturated heterocycles. The van der Waals surface area contributed by atoms with E-state index in [9.17, 15) is 10.2 Å². The number of phenolic OH excluding ortho intramolecular Hbond substituents is 2. The molecule has 0 saturated carbocycles. The topological polar surface area (TPSA) is 52.9 Å². The SMILES string of the molecule is CN(C)CC1=C(c2cccc(O)c2)c2cc(O)ccc2OC1(C)C.Cl. The van der Waals surface area contributed by atoms with E-state index in [2.05, 4.69) is 4.90 Å². The summed E-state index contributed by atoms with van der Waals surface area (Å²) in [5.74, 6) is 1.15. The van der Waals surface area contributed by atoms with Crippen LogP contribution >= 0.6 is 12.4 Å². The van der Waals surface area contributed by atoms with Gasteiger partial charge in [0.15, 0.2) is 0 Å². The largest absolute Gasteiger partial charge is 0.508 e.